The number of Topliss-reactive ketones (excluding diaryl/α,β-unsaturated/α-hetero) is 1. The van der Waals surface area contributed by atoms with Crippen LogP contribution in [-0.4, -0.2) is 28.6 Å². The summed E-state index contributed by atoms with van der Waals surface area (Å²) < 4.78 is 0. The van der Waals surface area contributed by atoms with Crippen molar-refractivity contribution < 1.29 is 4.79 Å². The highest BCUT2D eigenvalue weighted by molar-refractivity contribution is 5.82. The Labute approximate surface area is 96.8 Å². The minimum atomic E-state index is 0.188. The fourth-order valence-electron chi connectivity index (χ4n) is 1.36. The van der Waals surface area contributed by atoms with Crippen molar-refractivity contribution in [2.75, 3.05) is 6.54 Å². The molecular formula is C12H21N3O. The Kier molecular flexibility index (Phi) is 4.68. The number of aromatic nitrogens is 2. The molecule has 90 valence electrons. The van der Waals surface area contributed by atoms with E-state index in [1.807, 2.05) is 19.9 Å². The van der Waals surface area contributed by atoms with Crippen molar-refractivity contribution in [1.29, 1.82) is 0 Å². The molecule has 1 aromatic heterocycles. The molecular weight excluding hydrogens is 202 g/mol. The van der Waals surface area contributed by atoms with E-state index in [9.17, 15) is 4.79 Å². The lowest BCUT2D eigenvalue weighted by molar-refractivity contribution is -0.117. The number of H-pyrrole nitrogens is 1. The number of carbonyl (C=O) groups excluding carboxylic acids is 1. The minimum absolute atomic E-state index is 0.188. The molecule has 0 aliphatic rings. The zero-order valence-corrected chi connectivity index (χ0v) is 10.5. The molecule has 0 bridgehead atoms. The van der Waals surface area contributed by atoms with E-state index >= 15 is 0 Å². The van der Waals surface area contributed by atoms with Gasteiger partial charge >= 0.3 is 0 Å². The maximum atomic E-state index is 11.6. The molecule has 0 aromatic carbocycles. The van der Waals surface area contributed by atoms with E-state index in [1.54, 1.807) is 0 Å². The van der Waals surface area contributed by atoms with Crippen molar-refractivity contribution in [3.63, 3.8) is 0 Å². The first-order chi connectivity index (χ1) is 7.49. The zero-order valence-electron chi connectivity index (χ0n) is 10.5. The van der Waals surface area contributed by atoms with Gasteiger partial charge in [0.15, 0.2) is 5.78 Å². The fraction of sp³-hybridized carbons (Fsp3) is 0.667. The van der Waals surface area contributed by atoms with E-state index in [2.05, 4.69) is 29.4 Å². The molecule has 2 N–H and O–H groups in total. The van der Waals surface area contributed by atoms with Crippen LogP contribution in [0.1, 0.15) is 45.0 Å². The zero-order chi connectivity index (χ0) is 12.1. The lowest BCUT2D eigenvalue weighted by Crippen LogP contribution is -2.30. The highest BCUT2D eigenvalue weighted by atomic mass is 16.1. The van der Waals surface area contributed by atoms with Gasteiger partial charge in [-0.1, -0.05) is 27.7 Å². The number of nitrogens with one attached hydrogen (secondary N) is 2. The summed E-state index contributed by atoms with van der Waals surface area (Å²) >= 11 is 0. The Bertz CT molecular complexity index is 342. The second kappa shape index (κ2) is 5.80. The number of hydrogen-bond acceptors (Lipinski definition) is 3. The van der Waals surface area contributed by atoms with Crippen molar-refractivity contribution in [2.24, 2.45) is 0 Å². The van der Waals surface area contributed by atoms with Gasteiger partial charge in [0, 0.05) is 18.2 Å². The van der Waals surface area contributed by atoms with Gasteiger partial charge in [0.25, 0.3) is 0 Å². The molecule has 4 nitrogen and oxygen atoms in total. The van der Waals surface area contributed by atoms with Gasteiger partial charge in [0.1, 0.15) is 0 Å². The van der Waals surface area contributed by atoms with Crippen molar-refractivity contribution in [3.8, 4) is 0 Å². The maximum absolute atomic E-state index is 11.6. The standard InChI is InChI=1S/C12H21N3O/c1-8(2)12-6-10(14-15-12)5-11(16)7-13-9(3)4/h6,8-9,13H,5,7H2,1-4H3,(H,14,15). The van der Waals surface area contributed by atoms with Gasteiger partial charge in [0.05, 0.1) is 12.2 Å². The largest absolute Gasteiger partial charge is 0.308 e. The number of nitrogens with zero attached hydrogens (tertiary/aromatic N) is 1. The summed E-state index contributed by atoms with van der Waals surface area (Å²) in [5.41, 5.74) is 1.92. The summed E-state index contributed by atoms with van der Waals surface area (Å²) in [6.07, 6.45) is 0.430. The van der Waals surface area contributed by atoms with E-state index in [4.69, 9.17) is 0 Å². The molecule has 1 rings (SSSR count). The van der Waals surface area contributed by atoms with E-state index in [0.29, 0.717) is 24.9 Å². The molecule has 1 heterocycles. The van der Waals surface area contributed by atoms with Gasteiger partial charge < -0.3 is 5.32 Å². The number of carbonyl (C=O) groups is 1. The van der Waals surface area contributed by atoms with E-state index in [-0.39, 0.29) is 5.78 Å². The Morgan fingerprint density at radius 3 is 2.62 bits per heavy atom. The quantitative estimate of drug-likeness (QED) is 0.771. The Morgan fingerprint density at radius 2 is 2.12 bits per heavy atom. The van der Waals surface area contributed by atoms with Crippen LogP contribution in [0, 0.1) is 0 Å². The van der Waals surface area contributed by atoms with Crippen LogP contribution in [0.5, 0.6) is 0 Å². The van der Waals surface area contributed by atoms with E-state index in [0.717, 1.165) is 11.4 Å². The normalized spacial score (nSPS) is 11.4. The van der Waals surface area contributed by atoms with E-state index < -0.39 is 0 Å². The molecule has 0 atom stereocenters. The number of hydrogen-bond donors (Lipinski definition) is 2. The van der Waals surface area contributed by atoms with Crippen LogP contribution in [0.2, 0.25) is 0 Å². The third-order valence-electron chi connectivity index (χ3n) is 2.34. The van der Waals surface area contributed by atoms with Gasteiger partial charge in [-0.15, -0.1) is 0 Å². The first kappa shape index (κ1) is 12.9. The summed E-state index contributed by atoms with van der Waals surface area (Å²) in [5.74, 6) is 0.585. The third kappa shape index (κ3) is 4.14. The monoisotopic (exact) mass is 223 g/mol. The first-order valence-corrected chi connectivity index (χ1v) is 5.78. The highest BCUT2D eigenvalue weighted by Gasteiger charge is 2.09. The highest BCUT2D eigenvalue weighted by Crippen LogP contribution is 2.12. The molecule has 0 aliphatic heterocycles. The van der Waals surface area contributed by atoms with Crippen LogP contribution in [0.15, 0.2) is 6.07 Å². The van der Waals surface area contributed by atoms with Crippen LogP contribution >= 0.6 is 0 Å². The Balaban J connectivity index is 2.43. The van der Waals surface area contributed by atoms with Crippen molar-refractivity contribution in [3.05, 3.63) is 17.5 Å². The summed E-state index contributed by atoms with van der Waals surface area (Å²) in [6, 6.07) is 2.31. The molecule has 0 radical (unpaired) electrons. The van der Waals surface area contributed by atoms with Crippen LogP contribution in [0.3, 0.4) is 0 Å². The average molecular weight is 223 g/mol. The smallest absolute Gasteiger partial charge is 0.152 e. The Hall–Kier alpha value is -1.16. The second-order valence-electron chi connectivity index (χ2n) is 4.72. The van der Waals surface area contributed by atoms with E-state index in [1.165, 1.54) is 0 Å². The van der Waals surface area contributed by atoms with Gasteiger partial charge in [-0.3, -0.25) is 9.89 Å². The summed E-state index contributed by atoms with van der Waals surface area (Å²) in [6.45, 7) is 8.65. The van der Waals surface area contributed by atoms with Gasteiger partial charge in [-0.05, 0) is 12.0 Å². The molecule has 1 aromatic rings. The van der Waals surface area contributed by atoms with Gasteiger partial charge in [-0.25, -0.2) is 0 Å². The maximum Gasteiger partial charge on any atom is 0.152 e. The number of rotatable bonds is 6. The topological polar surface area (TPSA) is 57.8 Å². The summed E-state index contributed by atoms with van der Waals surface area (Å²) in [7, 11) is 0. The van der Waals surface area contributed by atoms with Crippen molar-refractivity contribution >= 4 is 5.78 Å². The molecule has 0 fully saturated rings. The predicted molar refractivity (Wildman–Crippen MR) is 64.5 cm³/mol. The molecule has 0 saturated carbocycles. The SMILES string of the molecule is CC(C)NCC(=O)Cc1cc(C(C)C)n[nH]1. The van der Waals surface area contributed by atoms with Crippen molar-refractivity contribution in [1.82, 2.24) is 15.5 Å². The lowest BCUT2D eigenvalue weighted by atomic mass is 10.1. The lowest BCUT2D eigenvalue weighted by Gasteiger charge is -2.05. The molecule has 0 saturated heterocycles. The van der Waals surface area contributed by atoms with Gasteiger partial charge in [-0.2, -0.15) is 5.10 Å². The first-order valence-electron chi connectivity index (χ1n) is 5.78. The molecule has 0 spiro atoms. The molecule has 16 heavy (non-hydrogen) atoms. The van der Waals surface area contributed by atoms with Gasteiger partial charge in [0.2, 0.25) is 0 Å². The van der Waals surface area contributed by atoms with Crippen LogP contribution in [0.4, 0.5) is 0 Å². The molecule has 0 unspecified atom stereocenters. The molecule has 0 aliphatic carbocycles. The molecule has 0 amide bonds. The second-order valence-corrected chi connectivity index (χ2v) is 4.72. The van der Waals surface area contributed by atoms with Crippen LogP contribution in [0.25, 0.3) is 0 Å². The van der Waals surface area contributed by atoms with Crippen molar-refractivity contribution in [2.45, 2.75) is 46.1 Å². The number of aromatic amines is 1. The Morgan fingerprint density at radius 1 is 1.44 bits per heavy atom. The summed E-state index contributed by atoms with van der Waals surface area (Å²) in [5, 5.41) is 10.2. The number of ketones is 1. The third-order valence-corrected chi connectivity index (χ3v) is 2.34. The van der Waals surface area contributed by atoms with Crippen LogP contribution < -0.4 is 5.32 Å². The summed E-state index contributed by atoms with van der Waals surface area (Å²) in [4.78, 5) is 11.6. The minimum Gasteiger partial charge on any atom is -0.308 e. The van der Waals surface area contributed by atoms with Crippen LogP contribution in [-0.2, 0) is 11.2 Å². The fourth-order valence-corrected chi connectivity index (χ4v) is 1.36. The average Bonchev–Trinajstić information content (AvgIpc) is 2.63. The predicted octanol–water partition coefficient (Wildman–Crippen LogP) is 1.64. The molecule has 4 heteroatoms.